The zero-order valence-electron chi connectivity index (χ0n) is 13.2. The van der Waals surface area contributed by atoms with Crippen LogP contribution in [0.4, 0.5) is 0 Å². The van der Waals surface area contributed by atoms with Crippen molar-refractivity contribution in [3.63, 3.8) is 0 Å². The smallest absolute Gasteiger partial charge is 0.270 e. The number of rotatable bonds is 5. The number of hydrogen-bond acceptors (Lipinski definition) is 3. The van der Waals surface area contributed by atoms with Gasteiger partial charge in [-0.3, -0.25) is 4.79 Å². The van der Waals surface area contributed by atoms with E-state index in [1.54, 1.807) is 4.68 Å². The average Bonchev–Trinajstić information content (AvgIpc) is 3.08. The van der Waals surface area contributed by atoms with E-state index in [-0.39, 0.29) is 5.56 Å². The van der Waals surface area contributed by atoms with Crippen molar-refractivity contribution >= 4 is 0 Å². The van der Waals surface area contributed by atoms with Gasteiger partial charge in [0.05, 0.1) is 12.2 Å². The van der Waals surface area contributed by atoms with Crippen molar-refractivity contribution < 1.29 is 0 Å². The zero-order chi connectivity index (χ0) is 15.4. The van der Waals surface area contributed by atoms with Crippen LogP contribution >= 0.6 is 0 Å². The van der Waals surface area contributed by atoms with Crippen LogP contribution < -0.4 is 5.56 Å². The third kappa shape index (κ3) is 3.28. The third-order valence-electron chi connectivity index (χ3n) is 4.33. The molecule has 1 fully saturated rings. The summed E-state index contributed by atoms with van der Waals surface area (Å²) in [6.45, 7) is 5.90. The van der Waals surface area contributed by atoms with Gasteiger partial charge in [0.15, 0.2) is 0 Å². The maximum Gasteiger partial charge on any atom is 0.270 e. The van der Waals surface area contributed by atoms with Crippen molar-refractivity contribution in [1.29, 1.82) is 0 Å². The van der Waals surface area contributed by atoms with E-state index in [1.807, 2.05) is 43.3 Å². The Bertz CT molecular complexity index is 672. The highest BCUT2D eigenvalue weighted by molar-refractivity contribution is 5.58. The van der Waals surface area contributed by atoms with Crippen LogP contribution in [0.15, 0.2) is 41.2 Å². The van der Waals surface area contributed by atoms with Gasteiger partial charge in [-0.2, -0.15) is 5.10 Å². The van der Waals surface area contributed by atoms with Gasteiger partial charge in [0.2, 0.25) is 0 Å². The number of likely N-dealkylation sites (tertiary alicyclic amines) is 1. The molecule has 0 bridgehead atoms. The van der Waals surface area contributed by atoms with E-state index in [4.69, 9.17) is 0 Å². The first-order valence-corrected chi connectivity index (χ1v) is 8.16. The molecular weight excluding hydrogens is 274 g/mol. The molecule has 1 aliphatic rings. The lowest BCUT2D eigenvalue weighted by atomic mass is 10.1. The van der Waals surface area contributed by atoms with Crippen molar-refractivity contribution in [2.24, 2.45) is 0 Å². The Hall–Kier alpha value is -1.94. The Morgan fingerprint density at radius 2 is 1.82 bits per heavy atom. The molecule has 1 aromatic heterocycles. The van der Waals surface area contributed by atoms with Gasteiger partial charge in [-0.1, -0.05) is 37.3 Å². The minimum Gasteiger partial charge on any atom is -0.301 e. The van der Waals surface area contributed by atoms with E-state index in [0.29, 0.717) is 6.54 Å². The number of aromatic nitrogens is 2. The van der Waals surface area contributed by atoms with Crippen molar-refractivity contribution in [2.75, 3.05) is 19.6 Å². The minimum absolute atomic E-state index is 0.0568. The molecule has 4 nitrogen and oxygen atoms in total. The van der Waals surface area contributed by atoms with Crippen molar-refractivity contribution in [3.05, 3.63) is 52.3 Å². The Morgan fingerprint density at radius 3 is 2.50 bits per heavy atom. The molecule has 1 aliphatic heterocycles. The summed E-state index contributed by atoms with van der Waals surface area (Å²) in [6.07, 6.45) is 3.28. The molecule has 0 radical (unpaired) electrons. The fraction of sp³-hybridized carbons (Fsp3) is 0.444. The van der Waals surface area contributed by atoms with Crippen LogP contribution in [0, 0.1) is 0 Å². The standard InChI is InChI=1S/C18H23N3O/c1-2-15-14-17(16-8-4-3-5-9-16)19-21(18(15)22)13-12-20-10-6-7-11-20/h3-5,8-9,14H,2,6-7,10-13H2,1H3. The predicted molar refractivity (Wildman–Crippen MR) is 89.0 cm³/mol. The maximum absolute atomic E-state index is 12.5. The first kappa shape index (κ1) is 15.0. The van der Waals surface area contributed by atoms with E-state index in [9.17, 15) is 4.79 Å². The fourth-order valence-corrected chi connectivity index (χ4v) is 2.99. The van der Waals surface area contributed by atoms with Crippen LogP contribution in [0.3, 0.4) is 0 Å². The molecule has 116 valence electrons. The normalized spacial score (nSPS) is 15.3. The lowest BCUT2D eigenvalue weighted by Crippen LogP contribution is -2.32. The van der Waals surface area contributed by atoms with Crippen molar-refractivity contribution in [2.45, 2.75) is 32.7 Å². The van der Waals surface area contributed by atoms with Crippen LogP contribution in [0.1, 0.15) is 25.3 Å². The molecule has 0 saturated carbocycles. The van der Waals surface area contributed by atoms with Gasteiger partial charge < -0.3 is 4.90 Å². The van der Waals surface area contributed by atoms with Crippen LogP contribution in [0.5, 0.6) is 0 Å². The second-order valence-electron chi connectivity index (χ2n) is 5.85. The highest BCUT2D eigenvalue weighted by Gasteiger charge is 2.13. The molecular formula is C18H23N3O. The Labute approximate surface area is 131 Å². The minimum atomic E-state index is 0.0568. The second-order valence-corrected chi connectivity index (χ2v) is 5.85. The first-order valence-electron chi connectivity index (χ1n) is 8.16. The van der Waals surface area contributed by atoms with E-state index >= 15 is 0 Å². The molecule has 1 saturated heterocycles. The van der Waals surface area contributed by atoms with Gasteiger partial charge in [-0.05, 0) is 38.4 Å². The molecule has 4 heteroatoms. The summed E-state index contributed by atoms with van der Waals surface area (Å²) in [5.41, 5.74) is 2.85. The largest absolute Gasteiger partial charge is 0.301 e. The molecule has 0 atom stereocenters. The van der Waals surface area contributed by atoms with E-state index in [0.717, 1.165) is 42.9 Å². The Kier molecular flexibility index (Phi) is 4.68. The summed E-state index contributed by atoms with van der Waals surface area (Å²) in [6, 6.07) is 12.0. The molecule has 22 heavy (non-hydrogen) atoms. The fourth-order valence-electron chi connectivity index (χ4n) is 2.99. The summed E-state index contributed by atoms with van der Waals surface area (Å²) >= 11 is 0. The molecule has 2 aromatic rings. The number of benzene rings is 1. The molecule has 0 N–H and O–H groups in total. The quantitative estimate of drug-likeness (QED) is 0.851. The summed E-state index contributed by atoms with van der Waals surface area (Å²) in [5.74, 6) is 0. The van der Waals surface area contributed by atoms with E-state index < -0.39 is 0 Å². The van der Waals surface area contributed by atoms with Gasteiger partial charge in [0, 0.05) is 17.7 Å². The van der Waals surface area contributed by atoms with Crippen molar-refractivity contribution in [3.8, 4) is 11.3 Å². The topological polar surface area (TPSA) is 38.1 Å². The summed E-state index contributed by atoms with van der Waals surface area (Å²) in [4.78, 5) is 14.9. The molecule has 2 heterocycles. The number of nitrogens with zero attached hydrogens (tertiary/aromatic N) is 3. The van der Waals surface area contributed by atoms with Gasteiger partial charge in [-0.15, -0.1) is 0 Å². The third-order valence-corrected chi connectivity index (χ3v) is 4.33. The number of aryl methyl sites for hydroxylation is 1. The lowest BCUT2D eigenvalue weighted by molar-refractivity contribution is 0.312. The number of hydrogen-bond donors (Lipinski definition) is 0. The van der Waals surface area contributed by atoms with E-state index in [1.165, 1.54) is 12.8 Å². The van der Waals surface area contributed by atoms with Crippen molar-refractivity contribution in [1.82, 2.24) is 14.7 Å². The van der Waals surface area contributed by atoms with Gasteiger partial charge in [-0.25, -0.2) is 4.68 Å². The Balaban J connectivity index is 1.89. The zero-order valence-corrected chi connectivity index (χ0v) is 13.2. The predicted octanol–water partition coefficient (Wildman–Crippen LogP) is 2.57. The maximum atomic E-state index is 12.5. The molecule has 0 amide bonds. The molecule has 0 spiro atoms. The van der Waals surface area contributed by atoms with Crippen LogP contribution in [-0.4, -0.2) is 34.3 Å². The summed E-state index contributed by atoms with van der Waals surface area (Å²) in [5, 5.41) is 4.59. The average molecular weight is 297 g/mol. The molecule has 3 rings (SSSR count). The Morgan fingerprint density at radius 1 is 1.09 bits per heavy atom. The molecule has 0 unspecified atom stereocenters. The highest BCUT2D eigenvalue weighted by Crippen LogP contribution is 2.16. The highest BCUT2D eigenvalue weighted by atomic mass is 16.1. The van der Waals surface area contributed by atoms with Gasteiger partial charge in [0.1, 0.15) is 0 Å². The summed E-state index contributed by atoms with van der Waals surface area (Å²) in [7, 11) is 0. The lowest BCUT2D eigenvalue weighted by Gasteiger charge is -2.16. The summed E-state index contributed by atoms with van der Waals surface area (Å²) < 4.78 is 1.65. The SMILES string of the molecule is CCc1cc(-c2ccccc2)nn(CCN2CCCC2)c1=O. The molecule has 1 aromatic carbocycles. The van der Waals surface area contributed by atoms with Gasteiger partial charge >= 0.3 is 0 Å². The van der Waals surface area contributed by atoms with Crippen LogP contribution in [0.2, 0.25) is 0 Å². The van der Waals surface area contributed by atoms with E-state index in [2.05, 4.69) is 10.00 Å². The van der Waals surface area contributed by atoms with Crippen LogP contribution in [0.25, 0.3) is 11.3 Å². The molecule has 0 aliphatic carbocycles. The van der Waals surface area contributed by atoms with Crippen LogP contribution in [-0.2, 0) is 13.0 Å². The monoisotopic (exact) mass is 297 g/mol. The second kappa shape index (κ2) is 6.88. The first-order chi connectivity index (χ1) is 10.8. The van der Waals surface area contributed by atoms with Gasteiger partial charge in [0.25, 0.3) is 5.56 Å².